The predicted octanol–water partition coefficient (Wildman–Crippen LogP) is 2.37. The molecule has 2 rings (SSSR count). The minimum absolute atomic E-state index is 0. The second kappa shape index (κ2) is 8.81. The molecule has 8 heteroatoms. The van der Waals surface area contributed by atoms with Gasteiger partial charge in [-0.25, -0.2) is 4.98 Å². The summed E-state index contributed by atoms with van der Waals surface area (Å²) >= 11 is 5.77. The maximum Gasteiger partial charge on any atom is 2.00 e. The Hall–Kier alpha value is -1.52. The smallest absolute Gasteiger partial charge is 0.649 e. The number of hydrogen-bond donors (Lipinski definition) is 1. The van der Waals surface area contributed by atoms with E-state index < -0.39 is 5.78 Å². The van der Waals surface area contributed by atoms with Crippen LogP contribution in [0.15, 0.2) is 18.5 Å². The van der Waals surface area contributed by atoms with E-state index in [2.05, 4.69) is 14.7 Å². The molecule has 0 fully saturated rings. The molecule has 0 spiro atoms. The first-order valence-corrected chi connectivity index (χ1v) is 6.27. The Morgan fingerprint density at radius 1 is 1.36 bits per heavy atom. The van der Waals surface area contributed by atoms with E-state index in [4.69, 9.17) is 11.6 Å². The van der Waals surface area contributed by atoms with Crippen LogP contribution in [0, 0.1) is 0 Å². The van der Waals surface area contributed by atoms with Gasteiger partial charge in [-0.15, -0.1) is 5.56 Å². The molecule has 1 N–H and O–H groups in total. The average molecular weight is 493 g/mol. The third kappa shape index (κ3) is 5.70. The Kier molecular flexibility index (Phi) is 8.20. The summed E-state index contributed by atoms with van der Waals surface area (Å²) in [6.07, 6.45) is 4.20. The molecule has 0 amide bonds. The molecule has 0 aromatic carbocycles. The van der Waals surface area contributed by atoms with Crippen LogP contribution in [0.3, 0.4) is 0 Å². The van der Waals surface area contributed by atoms with Crippen LogP contribution in [0.4, 0.5) is 0 Å². The first-order valence-electron chi connectivity index (χ1n) is 5.89. The second-order valence-corrected chi connectivity index (χ2v) is 5.31. The van der Waals surface area contributed by atoms with Crippen LogP contribution in [-0.2, 0) is 35.4 Å². The van der Waals surface area contributed by atoms with Crippen LogP contribution < -0.4 is 0 Å². The van der Waals surface area contributed by atoms with Crippen molar-refractivity contribution in [1.82, 2.24) is 9.97 Å². The van der Waals surface area contributed by atoms with Gasteiger partial charge in [0.05, 0.1) is 16.9 Å². The minimum Gasteiger partial charge on any atom is -0.649 e. The van der Waals surface area contributed by atoms with Gasteiger partial charge in [-0.1, -0.05) is 35.7 Å². The zero-order valence-electron chi connectivity index (χ0n) is 12.1. The van der Waals surface area contributed by atoms with E-state index in [-0.39, 0.29) is 37.4 Å². The fourth-order valence-electron chi connectivity index (χ4n) is 1.39. The van der Waals surface area contributed by atoms with Crippen LogP contribution >= 0.6 is 11.6 Å². The summed E-state index contributed by atoms with van der Waals surface area (Å²) < 4.78 is 4.42. The van der Waals surface area contributed by atoms with Gasteiger partial charge in [-0.05, 0) is 20.8 Å². The van der Waals surface area contributed by atoms with Gasteiger partial charge in [0, 0.05) is 12.5 Å². The Bertz CT molecular complexity index is 664. The molecule has 0 aliphatic carbocycles. The van der Waals surface area contributed by atoms with Gasteiger partial charge < -0.3 is 24.1 Å². The minimum atomic E-state index is -0.696. The number of rotatable bonds is 3. The Labute approximate surface area is 146 Å². The SMILES string of the molecule is CC(C)(C)O[C-]=O.O=[C-]C(=O)c1c[nH]c2c(Cl)nccc12.[W+2]. The number of pyridine rings is 1. The summed E-state index contributed by atoms with van der Waals surface area (Å²) in [6.45, 7) is 6.73. The summed E-state index contributed by atoms with van der Waals surface area (Å²) in [5.74, 6) is -0.696. The normalized spacial score (nSPS) is 10.0. The zero-order chi connectivity index (χ0) is 16.0. The molecule has 2 aromatic rings. The van der Waals surface area contributed by atoms with Gasteiger partial charge in [0.2, 0.25) is 0 Å². The van der Waals surface area contributed by atoms with Gasteiger partial charge in [0.15, 0.2) is 5.15 Å². The molecular weight excluding hydrogens is 479 g/mol. The van der Waals surface area contributed by atoms with Gasteiger partial charge in [0.25, 0.3) is 0 Å². The molecule has 2 aromatic heterocycles. The van der Waals surface area contributed by atoms with Crippen molar-refractivity contribution in [2.45, 2.75) is 26.4 Å². The fraction of sp³-hybridized carbons (Fsp3) is 0.286. The molecule has 22 heavy (non-hydrogen) atoms. The summed E-state index contributed by atoms with van der Waals surface area (Å²) in [5, 5.41) is 0.853. The fourth-order valence-corrected chi connectivity index (χ4v) is 1.60. The largest absolute Gasteiger partial charge is 2.00 e. The van der Waals surface area contributed by atoms with Crippen molar-refractivity contribution >= 4 is 41.0 Å². The first-order chi connectivity index (χ1) is 9.80. The molecule has 0 saturated heterocycles. The van der Waals surface area contributed by atoms with Crippen molar-refractivity contribution in [2.24, 2.45) is 0 Å². The monoisotopic (exact) mass is 492 g/mol. The summed E-state index contributed by atoms with van der Waals surface area (Å²) in [4.78, 5) is 37.4. The molecule has 0 bridgehead atoms. The number of nitrogens with one attached hydrogen (secondary N) is 1. The first kappa shape index (κ1) is 20.5. The topological polar surface area (TPSA) is 89.1 Å². The van der Waals surface area contributed by atoms with Crippen molar-refractivity contribution in [1.29, 1.82) is 0 Å². The number of aromatic amines is 1. The second-order valence-electron chi connectivity index (χ2n) is 4.96. The van der Waals surface area contributed by atoms with Crippen LogP contribution in [0.25, 0.3) is 10.9 Å². The number of carbonyl (C=O) groups excluding carboxylic acids is 3. The third-order valence-electron chi connectivity index (χ3n) is 2.24. The number of carbonyl (C=O) groups is 1. The van der Waals surface area contributed by atoms with Crippen LogP contribution in [0.5, 0.6) is 0 Å². The number of Topliss-reactive ketones (excluding diaryl/α,β-unsaturated/α-hetero) is 1. The quantitative estimate of drug-likeness (QED) is 0.308. The summed E-state index contributed by atoms with van der Waals surface area (Å²) in [7, 11) is 0. The predicted molar refractivity (Wildman–Crippen MR) is 77.7 cm³/mol. The Morgan fingerprint density at radius 3 is 2.45 bits per heavy atom. The van der Waals surface area contributed by atoms with Crippen LogP contribution in [-0.4, -0.2) is 34.1 Å². The number of hydrogen-bond acceptors (Lipinski definition) is 5. The number of H-pyrrole nitrogens is 1. The molecule has 0 aliphatic rings. The maximum atomic E-state index is 11.1. The molecule has 0 unspecified atom stereocenters. The van der Waals surface area contributed by atoms with Gasteiger partial charge in [-0.2, -0.15) is 0 Å². The molecule has 0 aliphatic heterocycles. The molecule has 116 valence electrons. The Morgan fingerprint density at radius 2 is 2.00 bits per heavy atom. The van der Waals surface area contributed by atoms with Crippen molar-refractivity contribution in [3.05, 3.63) is 29.2 Å². The van der Waals surface area contributed by atoms with Crippen molar-refractivity contribution in [3.63, 3.8) is 0 Å². The van der Waals surface area contributed by atoms with Crippen molar-refractivity contribution < 1.29 is 40.2 Å². The molecule has 0 atom stereocenters. The van der Waals surface area contributed by atoms with Gasteiger partial charge in [-0.3, -0.25) is 0 Å². The van der Waals surface area contributed by atoms with E-state index in [1.54, 1.807) is 26.8 Å². The number of aromatic nitrogens is 2. The number of nitrogens with zero attached hydrogens (tertiary/aromatic N) is 1. The zero-order valence-corrected chi connectivity index (χ0v) is 15.8. The third-order valence-corrected chi connectivity index (χ3v) is 2.53. The summed E-state index contributed by atoms with van der Waals surface area (Å²) in [5.41, 5.74) is 0.439. The van der Waals surface area contributed by atoms with E-state index in [0.29, 0.717) is 10.9 Å². The Balaban J connectivity index is 0.000000478. The van der Waals surface area contributed by atoms with Crippen molar-refractivity contribution in [2.75, 3.05) is 0 Å². The van der Waals surface area contributed by atoms with Crippen LogP contribution in [0.1, 0.15) is 31.1 Å². The average Bonchev–Trinajstić information content (AvgIpc) is 2.82. The molecule has 0 saturated carbocycles. The number of fused-ring (bicyclic) bond motifs is 1. The summed E-state index contributed by atoms with van der Waals surface area (Å²) in [6, 6.07) is 1.61. The van der Waals surface area contributed by atoms with Crippen molar-refractivity contribution in [3.8, 4) is 0 Å². The molecule has 6 nitrogen and oxygen atoms in total. The van der Waals surface area contributed by atoms with E-state index in [1.807, 2.05) is 0 Å². The van der Waals surface area contributed by atoms with E-state index in [0.717, 1.165) is 0 Å². The van der Waals surface area contributed by atoms with Gasteiger partial charge in [0.1, 0.15) is 0 Å². The van der Waals surface area contributed by atoms with E-state index >= 15 is 0 Å². The van der Waals surface area contributed by atoms with Crippen LogP contribution in [0.2, 0.25) is 5.15 Å². The maximum absolute atomic E-state index is 11.1. The standard InChI is InChI=1S/C9H4ClN2O2.C5H9O2.W/c10-9-8-5(1-2-11-9)6(3-12-8)7(14)4-13;1-5(2,3)7-4-6;/h1-3,12H;1-3H3;/q2*-1;+2. The van der Waals surface area contributed by atoms with Gasteiger partial charge >= 0.3 is 21.1 Å². The molecule has 2 heterocycles. The van der Waals surface area contributed by atoms with E-state index in [9.17, 15) is 14.4 Å². The van der Waals surface area contributed by atoms with E-state index in [1.165, 1.54) is 25.2 Å². The number of halogens is 1. The molecule has 0 radical (unpaired) electrons. The number of ketones is 1. The molecular formula is C14H13ClN2O4W. The number of ether oxygens (including phenoxy) is 1.